The maximum absolute atomic E-state index is 10.3. The Labute approximate surface area is 345 Å². The molecule has 262 valence electrons. The number of fused-ring (bicyclic) bond motifs is 6. The quantitative estimate of drug-likeness (QED) is 0.161. The van der Waals surface area contributed by atoms with E-state index < -0.39 is 72.0 Å². The molecule has 2 heterocycles. The molecule has 0 saturated heterocycles. The van der Waals surface area contributed by atoms with Gasteiger partial charge in [-0.05, 0) is 111 Å². The number of aromatic nitrogens is 2. The lowest BCUT2D eigenvalue weighted by Crippen LogP contribution is -1.96. The van der Waals surface area contributed by atoms with Crippen molar-refractivity contribution in [2.24, 2.45) is 0 Å². The minimum Gasteiger partial charge on any atom is -0.309 e. The van der Waals surface area contributed by atoms with E-state index in [9.17, 15) is 12.3 Å². The van der Waals surface area contributed by atoms with Gasteiger partial charge in [0.15, 0.2) is 0 Å². The molecule has 0 aliphatic heterocycles. The fraction of sp³-hybridized carbons (Fsp3) is 0. The van der Waals surface area contributed by atoms with Gasteiger partial charge in [0.25, 0.3) is 0 Å². The molecule has 0 amide bonds. The molecule has 0 aliphatic rings. The zero-order valence-corrected chi connectivity index (χ0v) is 29.6. The summed E-state index contributed by atoms with van der Waals surface area (Å²) >= 11 is 0. The smallest absolute Gasteiger partial charge is 0.0645 e. The van der Waals surface area contributed by atoms with Crippen molar-refractivity contribution >= 4 is 43.6 Å². The van der Waals surface area contributed by atoms with Crippen molar-refractivity contribution < 1.29 is 19.2 Å². The number of benzene rings is 9. The molecule has 0 fully saturated rings. The first-order valence-electron chi connectivity index (χ1n) is 25.1. The highest BCUT2D eigenvalue weighted by Gasteiger charge is 2.19. The summed E-state index contributed by atoms with van der Waals surface area (Å²) in [7, 11) is 0. The Morgan fingerprint density at radius 2 is 0.857 bits per heavy atom. The molecule has 0 saturated carbocycles. The maximum Gasteiger partial charge on any atom is 0.0645 e. The SMILES string of the molecule is [2H]c1ccc(-n2c3c([2H])c([2H])c([2H])c([2H])c3c3c([2H])c(-c4c([2H])c([2H])c5c(c4[2H])c4c(-c6ccccc6)c([2H])c([2H])c([2H])c4n5-c4cc(-c5ccccc5)cc(-c5ccccc5)c4)c([2H])c([2H])c32)cc1. The summed E-state index contributed by atoms with van der Waals surface area (Å²) in [6, 6.07) is 33.6. The predicted molar refractivity (Wildman–Crippen MR) is 237 cm³/mol. The number of hydrogen-bond acceptors (Lipinski definition) is 0. The van der Waals surface area contributed by atoms with E-state index in [4.69, 9.17) is 6.85 Å². The maximum atomic E-state index is 10.3. The van der Waals surface area contributed by atoms with Crippen molar-refractivity contribution in [1.82, 2.24) is 9.13 Å². The largest absolute Gasteiger partial charge is 0.309 e. The third kappa shape index (κ3) is 5.26. The van der Waals surface area contributed by atoms with Crippen molar-refractivity contribution in [1.29, 1.82) is 0 Å². The van der Waals surface area contributed by atoms with Crippen LogP contribution in [0.5, 0.6) is 0 Å². The average Bonchev–Trinajstić information content (AvgIpc) is 3.93. The molecule has 2 heteroatoms. The highest BCUT2D eigenvalue weighted by molar-refractivity contribution is 6.17. The third-order valence-corrected chi connectivity index (χ3v) is 10.2. The lowest BCUT2D eigenvalue weighted by Gasteiger charge is -2.14. The van der Waals surface area contributed by atoms with Crippen LogP contribution in [0.15, 0.2) is 218 Å². The minimum atomic E-state index is -0.611. The van der Waals surface area contributed by atoms with Crippen LogP contribution in [0.3, 0.4) is 0 Å². The molecule has 2 nitrogen and oxygen atoms in total. The van der Waals surface area contributed by atoms with Gasteiger partial charge >= 0.3 is 0 Å². The van der Waals surface area contributed by atoms with Gasteiger partial charge in [-0.2, -0.15) is 0 Å². The molecule has 0 spiro atoms. The van der Waals surface area contributed by atoms with Crippen molar-refractivity contribution in [3.8, 4) is 55.9 Å². The monoisotopic (exact) mass is 726 g/mol. The first-order chi connectivity index (χ1) is 33.6. The van der Waals surface area contributed by atoms with E-state index in [1.54, 1.807) is 34.9 Å². The number of para-hydroxylation sites is 2. The van der Waals surface area contributed by atoms with E-state index in [0.717, 1.165) is 22.3 Å². The second kappa shape index (κ2) is 13.2. The van der Waals surface area contributed by atoms with Crippen LogP contribution in [-0.2, 0) is 0 Å². The Kier molecular flexibility index (Phi) is 4.90. The molecule has 56 heavy (non-hydrogen) atoms. The van der Waals surface area contributed by atoms with Gasteiger partial charge in [-0.3, -0.25) is 0 Å². The molecule has 9 aromatic carbocycles. The Morgan fingerprint density at radius 1 is 0.321 bits per heavy atom. The van der Waals surface area contributed by atoms with Gasteiger partial charge in [-0.15, -0.1) is 0 Å². The van der Waals surface area contributed by atoms with Crippen molar-refractivity contribution in [3.05, 3.63) is 218 Å². The van der Waals surface area contributed by atoms with Crippen LogP contribution in [-0.4, -0.2) is 9.13 Å². The molecule has 0 N–H and O–H groups in total. The van der Waals surface area contributed by atoms with Gasteiger partial charge in [-0.25, -0.2) is 0 Å². The minimum absolute atomic E-state index is 0.00227. The Bertz CT molecular complexity index is 3960. The fourth-order valence-corrected chi connectivity index (χ4v) is 7.63. The van der Waals surface area contributed by atoms with Crippen molar-refractivity contribution in [3.63, 3.8) is 0 Å². The van der Waals surface area contributed by atoms with E-state index in [1.807, 2.05) is 78.9 Å². The summed E-state index contributed by atoms with van der Waals surface area (Å²) in [5.41, 5.74) is 3.80. The summed E-state index contributed by atoms with van der Waals surface area (Å²) in [5.74, 6) is 0. The van der Waals surface area contributed by atoms with Crippen molar-refractivity contribution in [2.75, 3.05) is 0 Å². The first kappa shape index (κ1) is 20.9. The summed E-state index contributed by atoms with van der Waals surface area (Å²) in [4.78, 5) is 0. The summed E-state index contributed by atoms with van der Waals surface area (Å²) in [6.07, 6.45) is 0. The highest BCUT2D eigenvalue weighted by Crippen LogP contribution is 2.42. The molecule has 0 atom stereocenters. The standard InChI is InChI=1S/C54H36N2/c1-5-16-37(17-6-1)42-32-43(38-18-7-2-8-19-38)34-45(33-42)56-52-31-29-41(36-49(52)54-46(25-15-27-53(54)56)39-20-9-3-10-21-39)40-28-30-51-48(35-40)47-24-13-14-26-50(47)55(51)44-22-11-4-12-23-44/h1-36H/i4D,13D,14D,15D,24D,25D,26D,27D,28D,29D,30D,31D,35D,36D. The topological polar surface area (TPSA) is 9.86 Å². The van der Waals surface area contributed by atoms with Crippen LogP contribution in [0.2, 0.25) is 0 Å². The Morgan fingerprint density at radius 3 is 1.52 bits per heavy atom. The Balaban J connectivity index is 1.34. The van der Waals surface area contributed by atoms with Crippen LogP contribution < -0.4 is 0 Å². The normalized spacial score (nSPS) is 15.1. The van der Waals surface area contributed by atoms with Gasteiger partial charge in [-0.1, -0.05) is 151 Å². The molecule has 0 radical (unpaired) electrons. The third-order valence-electron chi connectivity index (χ3n) is 10.2. The van der Waals surface area contributed by atoms with Gasteiger partial charge in [0.2, 0.25) is 0 Å². The summed E-state index contributed by atoms with van der Waals surface area (Å²) < 4.78 is 134. The summed E-state index contributed by atoms with van der Waals surface area (Å²) in [5, 5.41) is -0.106. The van der Waals surface area contributed by atoms with E-state index in [2.05, 4.69) is 0 Å². The van der Waals surface area contributed by atoms with Crippen LogP contribution in [0.25, 0.3) is 99.5 Å². The molecule has 0 unspecified atom stereocenters. The predicted octanol–water partition coefficient (Wildman–Crippen LogP) is 14.5. The van der Waals surface area contributed by atoms with Gasteiger partial charge in [0.1, 0.15) is 0 Å². The molecular weight excluding hydrogens is 677 g/mol. The molecule has 11 aromatic rings. The second-order valence-electron chi connectivity index (χ2n) is 13.4. The lowest BCUT2D eigenvalue weighted by molar-refractivity contribution is 1.18. The van der Waals surface area contributed by atoms with Gasteiger partial charge in [0.05, 0.1) is 41.3 Å². The average molecular weight is 727 g/mol. The van der Waals surface area contributed by atoms with E-state index in [1.165, 1.54) is 28.8 Å². The molecule has 0 bridgehead atoms. The van der Waals surface area contributed by atoms with E-state index in [0.29, 0.717) is 16.9 Å². The Hall–Kier alpha value is -7.42. The molecular formula is C54H36N2. The van der Waals surface area contributed by atoms with E-state index >= 15 is 0 Å². The highest BCUT2D eigenvalue weighted by atomic mass is 15.0. The van der Waals surface area contributed by atoms with Crippen molar-refractivity contribution in [2.45, 2.75) is 0 Å². The molecule has 2 aromatic heterocycles. The zero-order valence-electron chi connectivity index (χ0n) is 43.6. The number of hydrogen-bond donors (Lipinski definition) is 0. The summed E-state index contributed by atoms with van der Waals surface area (Å²) in [6.45, 7) is 0. The van der Waals surface area contributed by atoms with Gasteiger partial charge < -0.3 is 9.13 Å². The van der Waals surface area contributed by atoms with Gasteiger partial charge in [0, 0.05) is 32.9 Å². The number of nitrogens with zero attached hydrogens (tertiary/aromatic N) is 2. The van der Waals surface area contributed by atoms with Crippen LogP contribution >= 0.6 is 0 Å². The fourth-order valence-electron chi connectivity index (χ4n) is 7.63. The van der Waals surface area contributed by atoms with Crippen LogP contribution in [0.4, 0.5) is 0 Å². The van der Waals surface area contributed by atoms with Crippen LogP contribution in [0.1, 0.15) is 19.2 Å². The first-order valence-corrected chi connectivity index (χ1v) is 18.1. The molecule has 11 rings (SSSR count). The lowest BCUT2D eigenvalue weighted by atomic mass is 9.97. The second-order valence-corrected chi connectivity index (χ2v) is 13.4. The van der Waals surface area contributed by atoms with E-state index in [-0.39, 0.29) is 72.9 Å². The molecule has 0 aliphatic carbocycles. The van der Waals surface area contributed by atoms with Crippen LogP contribution in [0, 0.1) is 0 Å². The number of rotatable bonds is 6. The zero-order chi connectivity index (χ0) is 49.2.